The van der Waals surface area contributed by atoms with E-state index in [1.807, 2.05) is 12.1 Å². The molecule has 0 unspecified atom stereocenters. The van der Waals surface area contributed by atoms with Gasteiger partial charge in [0.15, 0.2) is 0 Å². The van der Waals surface area contributed by atoms with Gasteiger partial charge in [-0.3, -0.25) is 0 Å². The molecule has 4 aromatic rings. The van der Waals surface area contributed by atoms with E-state index in [0.29, 0.717) is 0 Å². The largest absolute Gasteiger partial charge is 0.497 e. The van der Waals surface area contributed by atoms with Crippen molar-refractivity contribution in [3.05, 3.63) is 71.4 Å². The van der Waals surface area contributed by atoms with Crippen LogP contribution in [0.4, 0.5) is 0 Å². The minimum absolute atomic E-state index is 0.872. The van der Waals surface area contributed by atoms with Gasteiger partial charge in [-0.25, -0.2) is 0 Å². The molecule has 0 spiro atoms. The summed E-state index contributed by atoms with van der Waals surface area (Å²) in [5.41, 5.74) is 3.57. The molecule has 0 aliphatic heterocycles. The van der Waals surface area contributed by atoms with Crippen LogP contribution in [0.15, 0.2) is 71.4 Å². The highest BCUT2D eigenvalue weighted by Gasteiger charge is 2.14. The summed E-state index contributed by atoms with van der Waals surface area (Å²) in [7, 11) is 1.69. The van der Waals surface area contributed by atoms with Crippen LogP contribution in [-0.4, -0.2) is 11.7 Å². The number of hydrogen-bond donors (Lipinski definition) is 0. The van der Waals surface area contributed by atoms with Gasteiger partial charge in [-0.2, -0.15) is 0 Å². The van der Waals surface area contributed by atoms with Crippen LogP contribution in [0.25, 0.3) is 26.8 Å². The van der Waals surface area contributed by atoms with Crippen LogP contribution < -0.4 is 4.74 Å². The maximum Gasteiger partial charge on any atom is 0.119 e. The van der Waals surface area contributed by atoms with Gasteiger partial charge < -0.3 is 9.30 Å². The molecule has 0 saturated carbocycles. The molecule has 1 aromatic carbocycles. The number of thiophene rings is 2. The SMILES string of the molecule is COc1ccc(-n2c(-c3cccs3)ccc2-c2cccs2)cc1. The Morgan fingerprint density at radius 1 is 0.739 bits per heavy atom. The molecule has 114 valence electrons. The van der Waals surface area contributed by atoms with Crippen molar-refractivity contribution >= 4 is 22.7 Å². The minimum atomic E-state index is 0.872. The lowest BCUT2D eigenvalue weighted by molar-refractivity contribution is 0.415. The number of rotatable bonds is 4. The standard InChI is InChI=1S/C19H15NOS2/c1-21-15-8-6-14(7-9-15)20-16(18-4-2-12-22-18)10-11-17(20)19-5-3-13-23-19/h2-13H,1H3. The minimum Gasteiger partial charge on any atom is -0.497 e. The van der Waals surface area contributed by atoms with E-state index >= 15 is 0 Å². The first kappa shape index (κ1) is 14.3. The smallest absolute Gasteiger partial charge is 0.119 e. The molecule has 0 fully saturated rings. The van der Waals surface area contributed by atoms with Crippen molar-refractivity contribution in [2.45, 2.75) is 0 Å². The van der Waals surface area contributed by atoms with Gasteiger partial charge in [-0.05, 0) is 59.3 Å². The summed E-state index contributed by atoms with van der Waals surface area (Å²) >= 11 is 3.52. The number of ether oxygens (including phenoxy) is 1. The highest BCUT2D eigenvalue weighted by atomic mass is 32.1. The third kappa shape index (κ3) is 2.60. The molecule has 4 rings (SSSR count). The van der Waals surface area contributed by atoms with E-state index in [2.05, 4.69) is 63.9 Å². The summed E-state index contributed by atoms with van der Waals surface area (Å²) in [6.45, 7) is 0. The van der Waals surface area contributed by atoms with Crippen LogP contribution in [-0.2, 0) is 0 Å². The zero-order chi connectivity index (χ0) is 15.6. The predicted octanol–water partition coefficient (Wildman–Crippen LogP) is 5.94. The van der Waals surface area contributed by atoms with E-state index in [1.165, 1.54) is 21.1 Å². The van der Waals surface area contributed by atoms with Gasteiger partial charge in [-0.15, -0.1) is 22.7 Å². The van der Waals surface area contributed by atoms with Crippen LogP contribution in [0.1, 0.15) is 0 Å². The number of hydrogen-bond acceptors (Lipinski definition) is 3. The van der Waals surface area contributed by atoms with Crippen molar-refractivity contribution in [2.24, 2.45) is 0 Å². The fourth-order valence-electron chi connectivity index (χ4n) is 2.68. The first-order valence-electron chi connectivity index (χ1n) is 7.31. The molecule has 0 saturated heterocycles. The van der Waals surface area contributed by atoms with Crippen molar-refractivity contribution in [2.75, 3.05) is 7.11 Å². The van der Waals surface area contributed by atoms with Crippen molar-refractivity contribution in [3.63, 3.8) is 0 Å². The summed E-state index contributed by atoms with van der Waals surface area (Å²) in [6.07, 6.45) is 0. The lowest BCUT2D eigenvalue weighted by atomic mass is 10.2. The summed E-state index contributed by atoms with van der Waals surface area (Å²) in [6, 6.07) is 21.1. The van der Waals surface area contributed by atoms with Crippen LogP contribution in [0, 0.1) is 0 Å². The van der Waals surface area contributed by atoms with Gasteiger partial charge in [-0.1, -0.05) is 12.1 Å². The van der Waals surface area contributed by atoms with Crippen LogP contribution in [0.5, 0.6) is 5.75 Å². The predicted molar refractivity (Wildman–Crippen MR) is 98.9 cm³/mol. The molecule has 2 nitrogen and oxygen atoms in total. The quantitative estimate of drug-likeness (QED) is 0.449. The van der Waals surface area contributed by atoms with E-state index < -0.39 is 0 Å². The fourth-order valence-corrected chi connectivity index (χ4v) is 4.16. The summed E-state index contributed by atoms with van der Waals surface area (Å²) in [5.74, 6) is 0.872. The molecule has 0 atom stereocenters. The number of methoxy groups -OCH3 is 1. The average molecular weight is 337 g/mol. The molecular formula is C19H15NOS2. The zero-order valence-electron chi connectivity index (χ0n) is 12.6. The Morgan fingerprint density at radius 3 is 1.74 bits per heavy atom. The molecule has 0 aliphatic rings. The van der Waals surface area contributed by atoms with Crippen molar-refractivity contribution in [3.8, 4) is 32.6 Å². The molecule has 4 heteroatoms. The van der Waals surface area contributed by atoms with Crippen molar-refractivity contribution in [1.29, 1.82) is 0 Å². The summed E-state index contributed by atoms with van der Waals surface area (Å²) < 4.78 is 7.60. The number of benzene rings is 1. The van der Waals surface area contributed by atoms with Crippen LogP contribution in [0.3, 0.4) is 0 Å². The highest BCUT2D eigenvalue weighted by Crippen LogP contribution is 2.36. The number of aromatic nitrogens is 1. The Bertz CT molecular complexity index is 836. The van der Waals surface area contributed by atoms with E-state index in [0.717, 1.165) is 11.4 Å². The van der Waals surface area contributed by atoms with Gasteiger partial charge in [0.2, 0.25) is 0 Å². The van der Waals surface area contributed by atoms with Crippen LogP contribution in [0.2, 0.25) is 0 Å². The Kier molecular flexibility index (Phi) is 3.77. The molecule has 3 heterocycles. The molecule has 23 heavy (non-hydrogen) atoms. The van der Waals surface area contributed by atoms with Gasteiger partial charge in [0, 0.05) is 5.69 Å². The number of nitrogens with zero attached hydrogens (tertiary/aromatic N) is 1. The topological polar surface area (TPSA) is 14.2 Å². The van der Waals surface area contributed by atoms with E-state index in [1.54, 1.807) is 29.8 Å². The summed E-state index contributed by atoms with van der Waals surface area (Å²) in [4.78, 5) is 2.53. The van der Waals surface area contributed by atoms with E-state index in [9.17, 15) is 0 Å². The van der Waals surface area contributed by atoms with Crippen molar-refractivity contribution in [1.82, 2.24) is 4.57 Å². The molecular weight excluding hydrogens is 322 g/mol. The maximum absolute atomic E-state index is 5.29. The molecule has 0 amide bonds. The Morgan fingerprint density at radius 2 is 1.30 bits per heavy atom. The van der Waals surface area contributed by atoms with Crippen LogP contribution >= 0.6 is 22.7 Å². The Hall–Kier alpha value is -2.30. The second-order valence-electron chi connectivity index (χ2n) is 5.09. The lowest BCUT2D eigenvalue weighted by Gasteiger charge is -2.13. The fraction of sp³-hybridized carbons (Fsp3) is 0.0526. The Labute approximate surface area is 143 Å². The molecule has 0 radical (unpaired) electrons. The maximum atomic E-state index is 5.29. The first-order chi connectivity index (χ1) is 11.4. The zero-order valence-corrected chi connectivity index (χ0v) is 14.2. The molecule has 0 N–H and O–H groups in total. The second-order valence-corrected chi connectivity index (χ2v) is 6.99. The molecule has 0 bridgehead atoms. The van der Waals surface area contributed by atoms with Gasteiger partial charge >= 0.3 is 0 Å². The van der Waals surface area contributed by atoms with E-state index in [4.69, 9.17) is 4.74 Å². The average Bonchev–Trinajstić information content (AvgIpc) is 3.33. The second kappa shape index (κ2) is 6.07. The van der Waals surface area contributed by atoms with Gasteiger partial charge in [0.25, 0.3) is 0 Å². The summed E-state index contributed by atoms with van der Waals surface area (Å²) in [5, 5.41) is 4.23. The third-order valence-electron chi connectivity index (χ3n) is 3.76. The van der Waals surface area contributed by atoms with Gasteiger partial charge in [0.05, 0.1) is 28.3 Å². The first-order valence-corrected chi connectivity index (χ1v) is 9.06. The highest BCUT2D eigenvalue weighted by molar-refractivity contribution is 7.14. The van der Waals surface area contributed by atoms with Gasteiger partial charge in [0.1, 0.15) is 5.75 Å². The molecule has 3 aromatic heterocycles. The monoisotopic (exact) mass is 337 g/mol. The van der Waals surface area contributed by atoms with E-state index in [-0.39, 0.29) is 0 Å². The Balaban J connectivity index is 1.92. The normalized spacial score (nSPS) is 10.8. The third-order valence-corrected chi connectivity index (χ3v) is 5.54. The van der Waals surface area contributed by atoms with Crippen molar-refractivity contribution < 1.29 is 4.74 Å². The molecule has 0 aliphatic carbocycles. The lowest BCUT2D eigenvalue weighted by Crippen LogP contribution is -1.98.